The van der Waals surface area contributed by atoms with Crippen LogP contribution in [0.4, 0.5) is 11.4 Å². The minimum atomic E-state index is 0.995. The van der Waals surface area contributed by atoms with Gasteiger partial charge in [-0.1, -0.05) is 0 Å². The van der Waals surface area contributed by atoms with E-state index >= 15 is 0 Å². The summed E-state index contributed by atoms with van der Waals surface area (Å²) in [7, 11) is 0. The van der Waals surface area contributed by atoms with Crippen LogP contribution in [0.15, 0.2) is 0 Å². The molecule has 2 aliphatic rings. The summed E-state index contributed by atoms with van der Waals surface area (Å²) < 4.78 is 0. The van der Waals surface area contributed by atoms with Crippen LogP contribution in [0.25, 0.3) is 20.4 Å². The van der Waals surface area contributed by atoms with Gasteiger partial charge in [0.15, 0.2) is 0 Å². The Morgan fingerprint density at radius 3 is 1.55 bits per heavy atom. The van der Waals surface area contributed by atoms with E-state index in [0.29, 0.717) is 0 Å². The van der Waals surface area contributed by atoms with E-state index in [0.717, 1.165) is 46.7 Å². The Balaban J connectivity index is 0.000000132. The molecule has 0 amide bonds. The molecule has 6 heteroatoms. The third-order valence-electron chi connectivity index (χ3n) is 7.02. The zero-order valence-electron chi connectivity index (χ0n) is 18.8. The summed E-state index contributed by atoms with van der Waals surface area (Å²) in [5, 5.41) is 2.42. The maximum Gasteiger partial charge on any atom is 0.126 e. The predicted molar refractivity (Wildman–Crippen MR) is 136 cm³/mol. The van der Waals surface area contributed by atoms with Crippen LogP contribution < -0.4 is 11.5 Å². The second kappa shape index (κ2) is 7.75. The predicted octanol–water partition coefficient (Wildman–Crippen LogP) is 6.36. The molecule has 2 aliphatic carbocycles. The number of nitrogens with two attached hydrogens (primary N) is 2. The molecule has 0 spiro atoms. The van der Waals surface area contributed by atoms with Gasteiger partial charge in [-0.25, -0.2) is 9.97 Å². The standard InChI is InChI=1S/C13H16N2S.C12H14N2S/c1-7-8(2)16-13-11(7)12(14)9-5-3-4-6-10(9)15-13;1-6-7(2)15-12-10(6)11(13)8-4-3-5-9(8)14-12/h3-6H2,1-2H3,(H2,14,15);3-5H2,1-2H3,(H2,13,14). The van der Waals surface area contributed by atoms with Crippen molar-refractivity contribution in [3.05, 3.63) is 43.4 Å². The topological polar surface area (TPSA) is 77.8 Å². The molecule has 4 aromatic rings. The van der Waals surface area contributed by atoms with Gasteiger partial charge in [0.25, 0.3) is 0 Å². The Morgan fingerprint density at radius 1 is 0.613 bits per heavy atom. The molecule has 0 unspecified atom stereocenters. The molecule has 6 rings (SSSR count). The molecular weight excluding hydrogens is 420 g/mol. The Bertz CT molecular complexity index is 1330. The van der Waals surface area contributed by atoms with Gasteiger partial charge in [-0.2, -0.15) is 0 Å². The highest BCUT2D eigenvalue weighted by molar-refractivity contribution is 7.19. The van der Waals surface area contributed by atoms with E-state index in [1.807, 2.05) is 0 Å². The van der Waals surface area contributed by atoms with Gasteiger partial charge in [0.1, 0.15) is 9.66 Å². The average molecular weight is 451 g/mol. The smallest absolute Gasteiger partial charge is 0.126 e. The SMILES string of the molecule is Cc1sc2nc3c(c(N)c2c1C)CCC3.Cc1sc2nc3c(c(N)c2c1C)CCCC3. The molecule has 4 aromatic heterocycles. The molecule has 0 atom stereocenters. The summed E-state index contributed by atoms with van der Waals surface area (Å²) in [4.78, 5) is 14.5. The van der Waals surface area contributed by atoms with Crippen LogP contribution in [0.5, 0.6) is 0 Å². The number of rotatable bonds is 0. The van der Waals surface area contributed by atoms with Gasteiger partial charge in [0.2, 0.25) is 0 Å². The zero-order chi connectivity index (χ0) is 21.9. The quantitative estimate of drug-likeness (QED) is 0.327. The van der Waals surface area contributed by atoms with Crippen LogP contribution in [0, 0.1) is 27.7 Å². The molecule has 4 nitrogen and oxygen atoms in total. The van der Waals surface area contributed by atoms with Crippen LogP contribution in [0.1, 0.15) is 62.7 Å². The maximum atomic E-state index is 6.32. The van der Waals surface area contributed by atoms with Crippen LogP contribution in [0.2, 0.25) is 0 Å². The van der Waals surface area contributed by atoms with E-state index in [1.165, 1.54) is 73.4 Å². The first-order chi connectivity index (χ1) is 14.9. The van der Waals surface area contributed by atoms with Crippen molar-refractivity contribution < 1.29 is 0 Å². The van der Waals surface area contributed by atoms with Crippen LogP contribution >= 0.6 is 22.7 Å². The second-order valence-corrected chi connectivity index (χ2v) is 11.3. The highest BCUT2D eigenvalue weighted by Crippen LogP contribution is 2.39. The molecule has 0 aromatic carbocycles. The van der Waals surface area contributed by atoms with E-state index in [2.05, 4.69) is 27.7 Å². The zero-order valence-corrected chi connectivity index (χ0v) is 20.4. The van der Waals surface area contributed by atoms with Crippen LogP contribution in [-0.2, 0) is 25.7 Å². The average Bonchev–Trinajstić information content (AvgIpc) is 3.41. The van der Waals surface area contributed by atoms with Crippen molar-refractivity contribution in [2.24, 2.45) is 0 Å². The minimum absolute atomic E-state index is 0.995. The van der Waals surface area contributed by atoms with Crippen molar-refractivity contribution >= 4 is 54.5 Å². The molecule has 0 radical (unpaired) electrons. The van der Waals surface area contributed by atoms with Gasteiger partial charge in [0.05, 0.1) is 0 Å². The van der Waals surface area contributed by atoms with Crippen molar-refractivity contribution in [3.8, 4) is 0 Å². The summed E-state index contributed by atoms with van der Waals surface area (Å²) in [6.07, 6.45) is 8.15. The Labute approximate surface area is 191 Å². The Morgan fingerprint density at radius 2 is 1.03 bits per heavy atom. The van der Waals surface area contributed by atoms with Crippen molar-refractivity contribution in [1.29, 1.82) is 0 Å². The van der Waals surface area contributed by atoms with Gasteiger partial charge >= 0.3 is 0 Å². The lowest BCUT2D eigenvalue weighted by Gasteiger charge is -2.17. The molecule has 31 heavy (non-hydrogen) atoms. The van der Waals surface area contributed by atoms with Crippen LogP contribution in [0.3, 0.4) is 0 Å². The van der Waals surface area contributed by atoms with Gasteiger partial charge in [-0.15, -0.1) is 22.7 Å². The second-order valence-electron chi connectivity index (χ2n) is 8.89. The third-order valence-corrected chi connectivity index (χ3v) is 9.23. The lowest BCUT2D eigenvalue weighted by atomic mass is 9.93. The molecule has 162 valence electrons. The number of pyridine rings is 2. The molecule has 0 aliphatic heterocycles. The van der Waals surface area contributed by atoms with E-state index in [1.54, 1.807) is 22.7 Å². The maximum absolute atomic E-state index is 6.32. The summed E-state index contributed by atoms with van der Waals surface area (Å²) in [5.74, 6) is 0. The fourth-order valence-electron chi connectivity index (χ4n) is 5.00. The molecule has 4 heterocycles. The number of aromatic nitrogens is 2. The lowest BCUT2D eigenvalue weighted by molar-refractivity contribution is 0.673. The first-order valence-electron chi connectivity index (χ1n) is 11.2. The lowest BCUT2D eigenvalue weighted by Crippen LogP contribution is -2.08. The molecule has 4 N–H and O–H groups in total. The normalized spacial score (nSPS) is 15.1. The number of anilines is 2. The number of nitrogen functional groups attached to an aromatic ring is 2. The number of aryl methyl sites for hydroxylation is 6. The summed E-state index contributed by atoms with van der Waals surface area (Å²) in [6.45, 7) is 8.60. The number of fused-ring (bicyclic) bond motifs is 4. The Kier molecular flexibility index (Phi) is 5.18. The largest absolute Gasteiger partial charge is 0.398 e. The van der Waals surface area contributed by atoms with Crippen molar-refractivity contribution in [2.75, 3.05) is 11.5 Å². The number of hydrogen-bond donors (Lipinski definition) is 2. The van der Waals surface area contributed by atoms with Crippen molar-refractivity contribution in [2.45, 2.75) is 72.6 Å². The van der Waals surface area contributed by atoms with Crippen LogP contribution in [-0.4, -0.2) is 9.97 Å². The molecule has 0 fully saturated rings. The number of hydrogen-bond acceptors (Lipinski definition) is 6. The fourth-order valence-corrected chi connectivity index (χ4v) is 7.13. The third kappa shape index (κ3) is 3.31. The Hall–Kier alpha value is -2.18. The fraction of sp³-hybridized carbons (Fsp3) is 0.440. The van der Waals surface area contributed by atoms with E-state index < -0.39 is 0 Å². The first kappa shape index (κ1) is 20.7. The molecular formula is C25H30N4S2. The summed E-state index contributed by atoms with van der Waals surface area (Å²) >= 11 is 3.54. The van der Waals surface area contributed by atoms with Gasteiger partial charge in [-0.3, -0.25) is 0 Å². The van der Waals surface area contributed by atoms with Crippen molar-refractivity contribution in [1.82, 2.24) is 9.97 Å². The van der Waals surface area contributed by atoms with Crippen molar-refractivity contribution in [3.63, 3.8) is 0 Å². The van der Waals surface area contributed by atoms with Gasteiger partial charge in [-0.05, 0) is 94.9 Å². The molecule has 0 saturated carbocycles. The first-order valence-corrected chi connectivity index (χ1v) is 12.8. The van der Waals surface area contributed by atoms with E-state index in [9.17, 15) is 0 Å². The molecule has 0 saturated heterocycles. The number of thiophene rings is 2. The van der Waals surface area contributed by atoms with E-state index in [-0.39, 0.29) is 0 Å². The highest BCUT2D eigenvalue weighted by atomic mass is 32.1. The summed E-state index contributed by atoms with van der Waals surface area (Å²) in [6, 6.07) is 0. The number of nitrogens with zero attached hydrogens (tertiary/aromatic N) is 2. The monoisotopic (exact) mass is 450 g/mol. The molecule has 0 bridgehead atoms. The van der Waals surface area contributed by atoms with Gasteiger partial charge < -0.3 is 11.5 Å². The van der Waals surface area contributed by atoms with Gasteiger partial charge in [0, 0.05) is 43.3 Å². The summed E-state index contributed by atoms with van der Waals surface area (Å²) in [5.41, 5.74) is 22.3. The highest BCUT2D eigenvalue weighted by Gasteiger charge is 2.21. The minimum Gasteiger partial charge on any atom is -0.398 e. The van der Waals surface area contributed by atoms with E-state index in [4.69, 9.17) is 21.4 Å².